The van der Waals surface area contributed by atoms with Gasteiger partial charge in [0, 0.05) is 18.7 Å². The fourth-order valence-corrected chi connectivity index (χ4v) is 3.17. The van der Waals surface area contributed by atoms with Crippen LogP contribution in [0.5, 0.6) is 0 Å². The topological polar surface area (TPSA) is 46.8 Å². The quantitative estimate of drug-likeness (QED) is 0.696. The molecule has 1 saturated heterocycles. The van der Waals surface area contributed by atoms with E-state index < -0.39 is 0 Å². The maximum atomic E-state index is 13.6. The van der Waals surface area contributed by atoms with Gasteiger partial charge in [0.15, 0.2) is 17.0 Å². The van der Waals surface area contributed by atoms with E-state index in [9.17, 15) is 4.39 Å². The minimum atomic E-state index is -0.308. The van der Waals surface area contributed by atoms with E-state index in [1.807, 2.05) is 10.6 Å². The summed E-state index contributed by atoms with van der Waals surface area (Å²) in [6.07, 6.45) is 9.36. The highest BCUT2D eigenvalue weighted by molar-refractivity contribution is 5.87. The molecule has 1 fully saturated rings. The first kappa shape index (κ1) is 14.6. The predicted molar refractivity (Wildman–Crippen MR) is 91.0 cm³/mol. The molecule has 4 rings (SSSR count). The Bertz CT molecular complexity index is 934. The summed E-state index contributed by atoms with van der Waals surface area (Å²) in [5, 5.41) is 0. The second kappa shape index (κ2) is 5.93. The van der Waals surface area contributed by atoms with E-state index in [-0.39, 0.29) is 5.82 Å². The Balaban J connectivity index is 1.95. The van der Waals surface area contributed by atoms with Crippen LogP contribution in [-0.2, 0) is 6.54 Å². The molecular weight excluding hydrogens is 305 g/mol. The lowest BCUT2D eigenvalue weighted by molar-refractivity contribution is 0.628. The van der Waals surface area contributed by atoms with Crippen LogP contribution in [0.25, 0.3) is 22.6 Å². The van der Waals surface area contributed by atoms with Gasteiger partial charge in [-0.25, -0.2) is 19.3 Å². The average Bonchev–Trinajstić information content (AvgIpc) is 3.23. The van der Waals surface area contributed by atoms with Crippen LogP contribution in [0, 0.1) is 18.2 Å². The second-order valence-electron chi connectivity index (χ2n) is 5.80. The van der Waals surface area contributed by atoms with Gasteiger partial charge in [0.05, 0.1) is 6.54 Å². The third kappa shape index (κ3) is 2.38. The molecule has 6 heteroatoms. The maximum Gasteiger partial charge on any atom is 0.166 e. The number of benzene rings is 1. The molecule has 0 N–H and O–H groups in total. The first-order valence-electron chi connectivity index (χ1n) is 7.93. The van der Waals surface area contributed by atoms with Crippen LogP contribution >= 0.6 is 0 Å². The SMILES string of the molecule is C#CCn1c(-c2cccc(F)c2)nc2c(N3CCCC3)ncnc21. The molecule has 5 nitrogen and oxygen atoms in total. The lowest BCUT2D eigenvalue weighted by Gasteiger charge is -2.15. The van der Waals surface area contributed by atoms with Crippen molar-refractivity contribution in [3.63, 3.8) is 0 Å². The van der Waals surface area contributed by atoms with Crippen LogP contribution in [0.4, 0.5) is 10.2 Å². The summed E-state index contributed by atoms with van der Waals surface area (Å²) in [6, 6.07) is 6.35. The number of terminal acetylenes is 1. The van der Waals surface area contributed by atoms with Crippen molar-refractivity contribution >= 4 is 17.0 Å². The predicted octanol–water partition coefficient (Wildman–Crippen LogP) is 2.87. The van der Waals surface area contributed by atoms with Gasteiger partial charge in [-0.3, -0.25) is 4.57 Å². The van der Waals surface area contributed by atoms with Crippen molar-refractivity contribution < 1.29 is 4.39 Å². The molecule has 2 aromatic heterocycles. The molecule has 0 atom stereocenters. The lowest BCUT2D eigenvalue weighted by atomic mass is 10.2. The molecule has 0 spiro atoms. The van der Waals surface area contributed by atoms with E-state index in [1.165, 1.54) is 12.1 Å². The molecule has 0 aliphatic carbocycles. The van der Waals surface area contributed by atoms with Gasteiger partial charge in [-0.1, -0.05) is 18.1 Å². The molecule has 1 aliphatic rings. The van der Waals surface area contributed by atoms with Crippen LogP contribution in [0.15, 0.2) is 30.6 Å². The molecular formula is C18H16FN5. The van der Waals surface area contributed by atoms with Gasteiger partial charge in [-0.15, -0.1) is 6.42 Å². The Labute approximate surface area is 139 Å². The van der Waals surface area contributed by atoms with Crippen molar-refractivity contribution in [3.8, 4) is 23.7 Å². The third-order valence-corrected chi connectivity index (χ3v) is 4.25. The van der Waals surface area contributed by atoms with Gasteiger partial charge in [0.25, 0.3) is 0 Å². The summed E-state index contributed by atoms with van der Waals surface area (Å²) in [6.45, 7) is 2.24. The zero-order valence-corrected chi connectivity index (χ0v) is 13.1. The van der Waals surface area contributed by atoms with Crippen molar-refractivity contribution in [2.24, 2.45) is 0 Å². The number of nitrogens with zero attached hydrogens (tertiary/aromatic N) is 5. The average molecular weight is 321 g/mol. The van der Waals surface area contributed by atoms with E-state index in [2.05, 4.69) is 20.8 Å². The van der Waals surface area contributed by atoms with Gasteiger partial charge in [0.2, 0.25) is 0 Å². The molecule has 1 aliphatic heterocycles. The van der Waals surface area contributed by atoms with Gasteiger partial charge in [-0.2, -0.15) is 0 Å². The van der Waals surface area contributed by atoms with E-state index in [0.717, 1.165) is 31.7 Å². The Hall–Kier alpha value is -2.94. The summed E-state index contributed by atoms with van der Waals surface area (Å²) < 4.78 is 15.5. The first-order valence-corrected chi connectivity index (χ1v) is 7.93. The van der Waals surface area contributed by atoms with Crippen LogP contribution in [0.3, 0.4) is 0 Å². The number of fused-ring (bicyclic) bond motifs is 1. The highest BCUT2D eigenvalue weighted by Crippen LogP contribution is 2.30. The Morgan fingerprint density at radius 2 is 2.04 bits per heavy atom. The van der Waals surface area contributed by atoms with Crippen LogP contribution in [-0.4, -0.2) is 32.6 Å². The number of aromatic nitrogens is 4. The minimum absolute atomic E-state index is 0.308. The molecule has 24 heavy (non-hydrogen) atoms. The zero-order chi connectivity index (χ0) is 16.5. The van der Waals surface area contributed by atoms with Crippen molar-refractivity contribution in [1.29, 1.82) is 0 Å². The second-order valence-corrected chi connectivity index (χ2v) is 5.80. The van der Waals surface area contributed by atoms with Crippen LogP contribution in [0.1, 0.15) is 12.8 Å². The Morgan fingerprint density at radius 3 is 2.79 bits per heavy atom. The fraction of sp³-hybridized carbons (Fsp3) is 0.278. The Morgan fingerprint density at radius 1 is 1.21 bits per heavy atom. The van der Waals surface area contributed by atoms with Crippen molar-refractivity contribution in [1.82, 2.24) is 19.5 Å². The highest BCUT2D eigenvalue weighted by atomic mass is 19.1. The largest absolute Gasteiger partial charge is 0.355 e. The van der Waals surface area contributed by atoms with Crippen LogP contribution in [0.2, 0.25) is 0 Å². The molecule has 1 aromatic carbocycles. The highest BCUT2D eigenvalue weighted by Gasteiger charge is 2.22. The maximum absolute atomic E-state index is 13.6. The molecule has 0 bridgehead atoms. The van der Waals surface area contributed by atoms with E-state index >= 15 is 0 Å². The number of imidazole rings is 1. The fourth-order valence-electron chi connectivity index (χ4n) is 3.17. The van der Waals surface area contributed by atoms with Crippen LogP contribution < -0.4 is 4.90 Å². The third-order valence-electron chi connectivity index (χ3n) is 4.25. The van der Waals surface area contributed by atoms with Crippen molar-refractivity contribution in [2.45, 2.75) is 19.4 Å². The summed E-state index contributed by atoms with van der Waals surface area (Å²) >= 11 is 0. The van der Waals surface area contributed by atoms with Gasteiger partial charge >= 0.3 is 0 Å². The lowest BCUT2D eigenvalue weighted by Crippen LogP contribution is -2.19. The van der Waals surface area contributed by atoms with Gasteiger partial charge in [-0.05, 0) is 25.0 Å². The van der Waals surface area contributed by atoms with E-state index in [0.29, 0.717) is 29.1 Å². The number of rotatable bonds is 3. The number of hydrogen-bond donors (Lipinski definition) is 0. The first-order chi connectivity index (χ1) is 11.8. The van der Waals surface area contributed by atoms with E-state index in [1.54, 1.807) is 12.4 Å². The standard InChI is InChI=1S/C18H16FN5/c1-2-8-24-16(13-6-5-7-14(19)11-13)22-15-17(20-12-21-18(15)24)23-9-3-4-10-23/h1,5-7,11-12H,3-4,8-10H2. The summed E-state index contributed by atoms with van der Waals surface area (Å²) in [4.78, 5) is 15.7. The summed E-state index contributed by atoms with van der Waals surface area (Å²) in [5.41, 5.74) is 2.08. The smallest absolute Gasteiger partial charge is 0.166 e. The summed E-state index contributed by atoms with van der Waals surface area (Å²) in [7, 11) is 0. The molecule has 120 valence electrons. The number of anilines is 1. The molecule has 3 aromatic rings. The Kier molecular flexibility index (Phi) is 3.62. The van der Waals surface area contributed by atoms with Gasteiger partial charge < -0.3 is 4.90 Å². The normalized spacial score (nSPS) is 14.2. The summed E-state index contributed by atoms with van der Waals surface area (Å²) in [5.74, 6) is 3.76. The molecule has 0 amide bonds. The monoisotopic (exact) mass is 321 g/mol. The van der Waals surface area contributed by atoms with Crippen molar-refractivity contribution in [2.75, 3.05) is 18.0 Å². The molecule has 3 heterocycles. The zero-order valence-electron chi connectivity index (χ0n) is 13.1. The van der Waals surface area contributed by atoms with Crippen molar-refractivity contribution in [3.05, 3.63) is 36.4 Å². The van der Waals surface area contributed by atoms with E-state index in [4.69, 9.17) is 11.4 Å². The minimum Gasteiger partial charge on any atom is -0.355 e. The number of halogens is 1. The molecule has 0 saturated carbocycles. The molecule has 0 unspecified atom stereocenters. The number of hydrogen-bond acceptors (Lipinski definition) is 4. The molecule has 0 radical (unpaired) electrons. The van der Waals surface area contributed by atoms with Gasteiger partial charge in [0.1, 0.15) is 18.0 Å².